The number of hydrogen-bond acceptors (Lipinski definition) is 3. The topological polar surface area (TPSA) is 57.6 Å². The maximum absolute atomic E-state index is 11.5. The third-order valence-corrected chi connectivity index (χ3v) is 2.72. The Kier molecular flexibility index (Phi) is 1.83. The number of allylic oxidation sites excluding steroid dienone is 1. The molecule has 0 aliphatic carbocycles. The predicted octanol–water partition coefficient (Wildman–Crippen LogP) is 0.250. The summed E-state index contributed by atoms with van der Waals surface area (Å²) < 4.78 is 0. The molecule has 0 atom stereocenters. The monoisotopic (exact) mass is 181 g/mol. The summed E-state index contributed by atoms with van der Waals surface area (Å²) in [6.45, 7) is 1.66. The summed E-state index contributed by atoms with van der Waals surface area (Å²) in [6, 6.07) is 0. The van der Waals surface area contributed by atoms with E-state index in [2.05, 4.69) is 0 Å². The minimum Gasteiger partial charge on any atom is -0.478 e. The van der Waals surface area contributed by atoms with E-state index in [4.69, 9.17) is 5.11 Å². The van der Waals surface area contributed by atoms with Crippen LogP contribution < -0.4 is 0 Å². The fraction of sp³-hybridized carbons (Fsp3) is 0.556. The molecule has 3 aliphatic heterocycles. The standard InChI is InChI=1S/C9H11NO3/c11-8(12)5-7-9(13)6-1-3-10(7)4-2-6/h5-6H,1-4H2,(H,11,12)/b7-5+. The lowest BCUT2D eigenvalue weighted by Crippen LogP contribution is -2.46. The van der Waals surface area contributed by atoms with Crippen molar-refractivity contribution in [3.8, 4) is 0 Å². The number of carbonyl (C=O) groups is 2. The Morgan fingerprint density at radius 1 is 1.46 bits per heavy atom. The first-order chi connectivity index (χ1) is 6.18. The Labute approximate surface area is 75.8 Å². The van der Waals surface area contributed by atoms with Gasteiger partial charge in [0.2, 0.25) is 0 Å². The van der Waals surface area contributed by atoms with Crippen molar-refractivity contribution < 1.29 is 14.7 Å². The van der Waals surface area contributed by atoms with E-state index in [0.717, 1.165) is 32.0 Å². The minimum absolute atomic E-state index is 0.0138. The molecule has 0 radical (unpaired) electrons. The summed E-state index contributed by atoms with van der Waals surface area (Å²) >= 11 is 0. The van der Waals surface area contributed by atoms with Crippen LogP contribution in [0, 0.1) is 5.92 Å². The number of carboxylic acid groups (broad SMARTS) is 1. The van der Waals surface area contributed by atoms with Gasteiger partial charge in [-0.1, -0.05) is 0 Å². The van der Waals surface area contributed by atoms with E-state index in [1.807, 2.05) is 4.90 Å². The smallest absolute Gasteiger partial charge is 0.330 e. The van der Waals surface area contributed by atoms with E-state index >= 15 is 0 Å². The van der Waals surface area contributed by atoms with Gasteiger partial charge in [0.25, 0.3) is 0 Å². The Morgan fingerprint density at radius 3 is 2.54 bits per heavy atom. The van der Waals surface area contributed by atoms with Gasteiger partial charge < -0.3 is 10.0 Å². The number of hydrogen-bond donors (Lipinski definition) is 1. The maximum Gasteiger partial charge on any atom is 0.330 e. The molecule has 0 spiro atoms. The highest BCUT2D eigenvalue weighted by Gasteiger charge is 2.36. The summed E-state index contributed by atoms with van der Waals surface area (Å²) in [5.41, 5.74) is 0.398. The molecule has 3 fully saturated rings. The Hall–Kier alpha value is -1.32. The molecule has 1 N–H and O–H groups in total. The molecule has 70 valence electrons. The van der Waals surface area contributed by atoms with Crippen molar-refractivity contribution in [3.05, 3.63) is 11.8 Å². The van der Waals surface area contributed by atoms with Crippen LogP contribution in [0.4, 0.5) is 0 Å². The van der Waals surface area contributed by atoms with Crippen molar-refractivity contribution in [2.75, 3.05) is 13.1 Å². The fourth-order valence-electron chi connectivity index (χ4n) is 2.03. The van der Waals surface area contributed by atoms with Gasteiger partial charge in [-0.3, -0.25) is 4.79 Å². The molecular formula is C9H11NO3. The van der Waals surface area contributed by atoms with Gasteiger partial charge in [0, 0.05) is 19.0 Å². The van der Waals surface area contributed by atoms with Gasteiger partial charge in [0.05, 0.1) is 11.8 Å². The number of ketones is 1. The fourth-order valence-corrected chi connectivity index (χ4v) is 2.03. The van der Waals surface area contributed by atoms with Gasteiger partial charge >= 0.3 is 5.97 Å². The molecule has 13 heavy (non-hydrogen) atoms. The molecule has 0 saturated carbocycles. The van der Waals surface area contributed by atoms with Crippen molar-refractivity contribution in [3.63, 3.8) is 0 Å². The normalized spacial score (nSPS) is 25.7. The van der Waals surface area contributed by atoms with E-state index in [1.54, 1.807) is 0 Å². The van der Waals surface area contributed by atoms with E-state index < -0.39 is 5.97 Å². The third-order valence-electron chi connectivity index (χ3n) is 2.72. The predicted molar refractivity (Wildman–Crippen MR) is 45.0 cm³/mol. The minimum atomic E-state index is -1.03. The van der Waals surface area contributed by atoms with E-state index in [1.165, 1.54) is 0 Å². The van der Waals surface area contributed by atoms with Gasteiger partial charge in [-0.05, 0) is 12.8 Å². The molecule has 3 aliphatic rings. The van der Waals surface area contributed by atoms with Crippen molar-refractivity contribution >= 4 is 11.8 Å². The van der Waals surface area contributed by atoms with Crippen molar-refractivity contribution in [2.24, 2.45) is 5.92 Å². The molecule has 3 rings (SSSR count). The summed E-state index contributed by atoms with van der Waals surface area (Å²) in [7, 11) is 0. The van der Waals surface area contributed by atoms with E-state index in [-0.39, 0.29) is 11.7 Å². The second kappa shape index (κ2) is 2.87. The van der Waals surface area contributed by atoms with Crippen LogP contribution in [0.15, 0.2) is 11.8 Å². The highest BCUT2D eigenvalue weighted by molar-refractivity contribution is 6.02. The van der Waals surface area contributed by atoms with Crippen LogP contribution in [-0.2, 0) is 9.59 Å². The van der Waals surface area contributed by atoms with Gasteiger partial charge in [0.15, 0.2) is 5.78 Å². The molecule has 3 saturated heterocycles. The van der Waals surface area contributed by atoms with Crippen molar-refractivity contribution in [1.29, 1.82) is 0 Å². The quantitative estimate of drug-likeness (QED) is 0.589. The first-order valence-electron chi connectivity index (χ1n) is 4.42. The molecule has 2 bridgehead atoms. The lowest BCUT2D eigenvalue weighted by atomic mass is 9.85. The molecule has 4 heteroatoms. The Bertz CT molecular complexity index is 287. The van der Waals surface area contributed by atoms with E-state index in [0.29, 0.717) is 5.70 Å². The number of carbonyl (C=O) groups excluding carboxylic acids is 1. The van der Waals surface area contributed by atoms with Gasteiger partial charge in [0.1, 0.15) is 0 Å². The molecule has 3 heterocycles. The zero-order valence-corrected chi connectivity index (χ0v) is 7.19. The number of rotatable bonds is 1. The Balaban J connectivity index is 2.28. The van der Waals surface area contributed by atoms with Gasteiger partial charge in [-0.25, -0.2) is 4.79 Å². The largest absolute Gasteiger partial charge is 0.478 e. The van der Waals surface area contributed by atoms with Crippen molar-refractivity contribution in [1.82, 2.24) is 4.90 Å². The summed E-state index contributed by atoms with van der Waals surface area (Å²) in [4.78, 5) is 23.9. The third kappa shape index (κ3) is 1.32. The lowest BCUT2D eigenvalue weighted by Gasteiger charge is -2.40. The zero-order chi connectivity index (χ0) is 9.42. The number of piperidine rings is 3. The Morgan fingerprint density at radius 2 is 2.08 bits per heavy atom. The van der Waals surface area contributed by atoms with E-state index in [9.17, 15) is 9.59 Å². The summed E-state index contributed by atoms with van der Waals surface area (Å²) in [6.07, 6.45) is 2.80. The van der Waals surface area contributed by atoms with Crippen LogP contribution in [0.3, 0.4) is 0 Å². The first-order valence-corrected chi connectivity index (χ1v) is 4.42. The number of aliphatic carboxylic acids is 1. The zero-order valence-electron chi connectivity index (χ0n) is 7.19. The molecule has 0 aromatic rings. The number of fused-ring (bicyclic) bond motifs is 3. The SMILES string of the molecule is O=C(O)/C=C1\C(=O)C2CCN1CC2. The first kappa shape index (κ1) is 8.29. The summed E-state index contributed by atoms with van der Waals surface area (Å²) in [5.74, 6) is -0.939. The average Bonchev–Trinajstić information content (AvgIpc) is 2.11. The second-order valence-corrected chi connectivity index (χ2v) is 3.49. The van der Waals surface area contributed by atoms with Crippen LogP contribution in [0.1, 0.15) is 12.8 Å². The lowest BCUT2D eigenvalue weighted by molar-refractivity contribution is -0.133. The summed E-state index contributed by atoms with van der Waals surface area (Å²) in [5, 5.41) is 8.56. The number of carboxylic acids is 1. The van der Waals surface area contributed by atoms with Crippen LogP contribution in [0.5, 0.6) is 0 Å². The maximum atomic E-state index is 11.5. The highest BCUT2D eigenvalue weighted by atomic mass is 16.4. The highest BCUT2D eigenvalue weighted by Crippen LogP contribution is 2.30. The molecule has 0 aromatic carbocycles. The molecular weight excluding hydrogens is 170 g/mol. The average molecular weight is 181 g/mol. The van der Waals surface area contributed by atoms with Crippen LogP contribution >= 0.6 is 0 Å². The van der Waals surface area contributed by atoms with Crippen LogP contribution in [0.2, 0.25) is 0 Å². The molecule has 4 nitrogen and oxygen atoms in total. The molecule has 0 amide bonds. The molecule has 0 aromatic heterocycles. The van der Waals surface area contributed by atoms with Crippen LogP contribution in [0.25, 0.3) is 0 Å². The second-order valence-electron chi connectivity index (χ2n) is 3.49. The number of nitrogens with zero attached hydrogens (tertiary/aromatic N) is 1. The van der Waals surface area contributed by atoms with Crippen molar-refractivity contribution in [2.45, 2.75) is 12.8 Å². The van der Waals surface area contributed by atoms with Gasteiger partial charge in [-0.15, -0.1) is 0 Å². The van der Waals surface area contributed by atoms with Crippen LogP contribution in [-0.4, -0.2) is 34.8 Å². The number of Topliss-reactive ketones (excluding diaryl/α,β-unsaturated/α-hetero) is 1. The molecule has 0 unspecified atom stereocenters. The van der Waals surface area contributed by atoms with Gasteiger partial charge in [-0.2, -0.15) is 0 Å².